The molecule has 0 fully saturated rings. The van der Waals surface area contributed by atoms with Crippen LogP contribution in [0.15, 0.2) is 42.7 Å². The molecule has 0 spiro atoms. The number of hydrogen-bond acceptors (Lipinski definition) is 5. The molecule has 1 aromatic carbocycles. The third-order valence-corrected chi connectivity index (χ3v) is 4.27. The van der Waals surface area contributed by atoms with Gasteiger partial charge in [0.2, 0.25) is 0 Å². The van der Waals surface area contributed by atoms with E-state index in [-0.39, 0.29) is 0 Å². The van der Waals surface area contributed by atoms with Crippen molar-refractivity contribution in [3.05, 3.63) is 54.2 Å². The lowest BCUT2D eigenvalue weighted by molar-refractivity contribution is 0.388. The van der Waals surface area contributed by atoms with Crippen LogP contribution in [0.5, 0.6) is 0 Å². The Hall–Kier alpha value is -2.67. The summed E-state index contributed by atoms with van der Waals surface area (Å²) in [5.41, 5.74) is 2.14. The van der Waals surface area contributed by atoms with Crippen molar-refractivity contribution in [3.8, 4) is 5.69 Å². The molecule has 0 radical (unpaired) electrons. The van der Waals surface area contributed by atoms with Crippen LogP contribution < -0.4 is 10.6 Å². The van der Waals surface area contributed by atoms with E-state index in [0.29, 0.717) is 12.5 Å². The lowest BCUT2D eigenvalue weighted by atomic mass is 10.1. The maximum absolute atomic E-state index is 4.51. The molecule has 0 amide bonds. The highest BCUT2D eigenvalue weighted by Crippen LogP contribution is 2.18. The van der Waals surface area contributed by atoms with E-state index in [1.807, 2.05) is 29.7 Å². The number of benzene rings is 1. The third-order valence-electron chi connectivity index (χ3n) is 4.27. The molecule has 2 N–H and O–H groups in total. The molecule has 1 aliphatic heterocycles. The van der Waals surface area contributed by atoms with Gasteiger partial charge in [0.05, 0.1) is 12.2 Å². The number of rotatable bonds is 5. The predicted octanol–water partition coefficient (Wildman–Crippen LogP) is 1.60. The van der Waals surface area contributed by atoms with Gasteiger partial charge >= 0.3 is 0 Å². The van der Waals surface area contributed by atoms with Gasteiger partial charge in [-0.15, -0.1) is 10.2 Å². The van der Waals surface area contributed by atoms with Gasteiger partial charge in [-0.1, -0.05) is 18.2 Å². The van der Waals surface area contributed by atoms with Gasteiger partial charge in [0.1, 0.15) is 12.1 Å². The molecule has 2 aromatic heterocycles. The maximum atomic E-state index is 4.51. The van der Waals surface area contributed by atoms with Crippen LogP contribution >= 0.6 is 0 Å². The molecule has 1 unspecified atom stereocenters. The van der Waals surface area contributed by atoms with Crippen molar-refractivity contribution in [2.24, 2.45) is 5.92 Å². The molecular formula is C17H21N7. The lowest BCUT2D eigenvalue weighted by Gasteiger charge is -2.25. The first kappa shape index (κ1) is 14.9. The number of nitrogens with one attached hydrogen (secondary N) is 2. The topological polar surface area (TPSA) is 72.6 Å². The van der Waals surface area contributed by atoms with E-state index in [0.717, 1.165) is 42.7 Å². The van der Waals surface area contributed by atoms with Crippen LogP contribution in [0.4, 0.5) is 5.82 Å². The van der Waals surface area contributed by atoms with E-state index in [9.17, 15) is 0 Å². The van der Waals surface area contributed by atoms with Crippen LogP contribution in [0.3, 0.4) is 0 Å². The summed E-state index contributed by atoms with van der Waals surface area (Å²) in [5.74, 6) is 2.54. The summed E-state index contributed by atoms with van der Waals surface area (Å²) in [6, 6.07) is 12.2. The predicted molar refractivity (Wildman–Crippen MR) is 92.0 cm³/mol. The quantitative estimate of drug-likeness (QED) is 0.746. The largest absolute Gasteiger partial charge is 0.370 e. The summed E-state index contributed by atoms with van der Waals surface area (Å²) < 4.78 is 4.07. The van der Waals surface area contributed by atoms with E-state index in [2.05, 4.69) is 48.8 Å². The minimum absolute atomic E-state index is 0.505. The average Bonchev–Trinajstić information content (AvgIpc) is 3.21. The summed E-state index contributed by atoms with van der Waals surface area (Å²) in [7, 11) is 0. The summed E-state index contributed by atoms with van der Waals surface area (Å²) in [4.78, 5) is 0. The Morgan fingerprint density at radius 2 is 2.17 bits per heavy atom. The second-order valence-electron chi connectivity index (χ2n) is 6.18. The Kier molecular flexibility index (Phi) is 4.00. The van der Waals surface area contributed by atoms with E-state index in [4.69, 9.17) is 0 Å². The summed E-state index contributed by atoms with van der Waals surface area (Å²) in [5, 5.41) is 19.7. The Morgan fingerprint density at radius 1 is 1.29 bits per heavy atom. The third kappa shape index (κ3) is 3.03. The van der Waals surface area contributed by atoms with Gasteiger partial charge in [-0.25, -0.2) is 4.68 Å². The Balaban J connectivity index is 1.35. The average molecular weight is 323 g/mol. The van der Waals surface area contributed by atoms with E-state index >= 15 is 0 Å². The van der Waals surface area contributed by atoms with Crippen LogP contribution in [0.25, 0.3) is 5.69 Å². The highest BCUT2D eigenvalue weighted by molar-refractivity contribution is 5.38. The molecule has 3 heterocycles. The minimum Gasteiger partial charge on any atom is -0.370 e. The second-order valence-corrected chi connectivity index (χ2v) is 6.18. The number of anilines is 1. The Labute approximate surface area is 140 Å². The zero-order valence-electron chi connectivity index (χ0n) is 13.7. The van der Waals surface area contributed by atoms with E-state index < -0.39 is 0 Å². The molecule has 0 saturated carbocycles. The number of hydrogen-bond donors (Lipinski definition) is 2. The molecule has 0 aliphatic carbocycles. The number of aryl methyl sites for hydroxylation is 1. The van der Waals surface area contributed by atoms with Gasteiger partial charge in [-0.05, 0) is 19.1 Å². The molecule has 7 heteroatoms. The van der Waals surface area contributed by atoms with Crippen molar-refractivity contribution >= 4 is 5.82 Å². The first-order valence-electron chi connectivity index (χ1n) is 8.23. The van der Waals surface area contributed by atoms with Crippen molar-refractivity contribution in [1.29, 1.82) is 0 Å². The van der Waals surface area contributed by atoms with Crippen LogP contribution in [-0.4, -0.2) is 37.6 Å². The number of para-hydroxylation sites is 1. The smallest absolute Gasteiger partial charge is 0.151 e. The summed E-state index contributed by atoms with van der Waals surface area (Å²) in [6.07, 6.45) is 1.76. The normalized spacial score (nSPS) is 16.6. The number of nitrogens with zero attached hydrogens (tertiary/aromatic N) is 5. The van der Waals surface area contributed by atoms with Crippen LogP contribution in [0.2, 0.25) is 0 Å². The maximum Gasteiger partial charge on any atom is 0.151 e. The fourth-order valence-electron chi connectivity index (χ4n) is 3.09. The van der Waals surface area contributed by atoms with Crippen LogP contribution in [0.1, 0.15) is 11.5 Å². The summed E-state index contributed by atoms with van der Waals surface area (Å²) >= 11 is 0. The molecular weight excluding hydrogens is 302 g/mol. The van der Waals surface area contributed by atoms with Crippen molar-refractivity contribution in [1.82, 2.24) is 29.9 Å². The van der Waals surface area contributed by atoms with Crippen molar-refractivity contribution < 1.29 is 0 Å². The molecule has 7 nitrogen and oxygen atoms in total. The molecule has 1 aliphatic rings. The molecule has 124 valence electrons. The first-order valence-corrected chi connectivity index (χ1v) is 8.23. The zero-order chi connectivity index (χ0) is 16.4. The fourth-order valence-corrected chi connectivity index (χ4v) is 3.09. The van der Waals surface area contributed by atoms with E-state index in [1.165, 1.54) is 0 Å². The fraction of sp³-hybridized carbons (Fsp3) is 0.353. The second kappa shape index (κ2) is 6.45. The van der Waals surface area contributed by atoms with Crippen LogP contribution in [-0.2, 0) is 13.1 Å². The van der Waals surface area contributed by atoms with Gasteiger partial charge in [-0.2, -0.15) is 5.10 Å². The van der Waals surface area contributed by atoms with Crippen molar-refractivity contribution in [3.63, 3.8) is 0 Å². The minimum atomic E-state index is 0.505. The van der Waals surface area contributed by atoms with E-state index in [1.54, 1.807) is 6.33 Å². The highest BCUT2D eigenvalue weighted by Gasteiger charge is 2.19. The Morgan fingerprint density at radius 3 is 3.04 bits per heavy atom. The van der Waals surface area contributed by atoms with Gasteiger partial charge in [-0.3, -0.25) is 4.57 Å². The van der Waals surface area contributed by atoms with Crippen molar-refractivity contribution in [2.45, 2.75) is 20.0 Å². The lowest BCUT2D eigenvalue weighted by Crippen LogP contribution is -2.35. The zero-order valence-corrected chi connectivity index (χ0v) is 13.7. The van der Waals surface area contributed by atoms with Gasteiger partial charge in [0, 0.05) is 37.3 Å². The van der Waals surface area contributed by atoms with Crippen LogP contribution in [0, 0.1) is 12.8 Å². The van der Waals surface area contributed by atoms with Gasteiger partial charge < -0.3 is 10.6 Å². The molecule has 0 saturated heterocycles. The molecule has 4 rings (SSSR count). The van der Waals surface area contributed by atoms with Gasteiger partial charge in [0.25, 0.3) is 0 Å². The molecule has 0 bridgehead atoms. The van der Waals surface area contributed by atoms with Gasteiger partial charge in [0.15, 0.2) is 5.82 Å². The standard InChI is InChI=1S/C17H21N7/c1-13-7-16-19-9-14(11-24(16)22-13)8-18-10-17-21-20-12-23(17)15-5-3-2-4-6-15/h2-7,12,14,18-19H,8-11H2,1H3. The SMILES string of the molecule is Cc1cc2n(n1)CC(CNCc1nncn1-c1ccccc1)CN2. The number of aromatic nitrogens is 5. The molecule has 3 aromatic rings. The molecule has 1 atom stereocenters. The molecule has 24 heavy (non-hydrogen) atoms. The van der Waals surface area contributed by atoms with Crippen molar-refractivity contribution in [2.75, 3.05) is 18.4 Å². The Bertz CT molecular complexity index is 805. The number of fused-ring (bicyclic) bond motifs is 1. The highest BCUT2D eigenvalue weighted by atomic mass is 15.3. The monoisotopic (exact) mass is 323 g/mol. The first-order chi connectivity index (χ1) is 11.8. The summed E-state index contributed by atoms with van der Waals surface area (Å²) in [6.45, 7) is 5.53.